The molecule has 1 heterocycles. The Balaban J connectivity index is 1.55. The van der Waals surface area contributed by atoms with Crippen molar-refractivity contribution in [2.75, 3.05) is 19.6 Å². The van der Waals surface area contributed by atoms with Crippen LogP contribution in [0.25, 0.3) is 0 Å². The van der Waals surface area contributed by atoms with Crippen molar-refractivity contribution in [3.8, 4) is 0 Å². The zero-order valence-electron chi connectivity index (χ0n) is 14.7. The normalized spacial score (nSPS) is 17.3. The lowest BCUT2D eigenvalue weighted by atomic mass is 10.2. The van der Waals surface area contributed by atoms with Gasteiger partial charge in [0.1, 0.15) is 0 Å². The number of nitrogens with one attached hydrogen (secondary N) is 3. The first-order valence-electron chi connectivity index (χ1n) is 8.85. The Kier molecular flexibility index (Phi) is 5.76. The molecule has 0 spiro atoms. The average molecular weight is 394 g/mol. The van der Waals surface area contributed by atoms with Crippen LogP contribution in [0.4, 0.5) is 0 Å². The minimum atomic E-state index is -3.63. The molecule has 146 valence electrons. The molecule has 27 heavy (non-hydrogen) atoms. The minimum absolute atomic E-state index is 0.00677. The maximum atomic E-state index is 12.6. The van der Waals surface area contributed by atoms with E-state index in [0.717, 1.165) is 25.7 Å². The van der Waals surface area contributed by atoms with Crippen molar-refractivity contribution in [1.82, 2.24) is 20.5 Å². The van der Waals surface area contributed by atoms with E-state index in [1.165, 1.54) is 28.6 Å². The second-order valence-electron chi connectivity index (χ2n) is 6.63. The number of carbonyl (C=O) groups is 3. The summed E-state index contributed by atoms with van der Waals surface area (Å²) in [5.74, 6) is -1.39. The first kappa shape index (κ1) is 19.3. The molecule has 10 heteroatoms. The van der Waals surface area contributed by atoms with Crippen LogP contribution < -0.4 is 16.2 Å². The molecule has 3 N–H and O–H groups in total. The number of amides is 3. The molecule has 1 aromatic rings. The molecular weight excluding hydrogens is 372 g/mol. The molecule has 9 nitrogen and oxygen atoms in total. The maximum Gasteiger partial charge on any atom is 0.269 e. The number of rotatable bonds is 6. The van der Waals surface area contributed by atoms with Crippen LogP contribution in [0.1, 0.15) is 36.0 Å². The van der Waals surface area contributed by atoms with E-state index in [4.69, 9.17) is 0 Å². The van der Waals surface area contributed by atoms with Crippen LogP contribution in [0.5, 0.6) is 0 Å². The highest BCUT2D eigenvalue weighted by molar-refractivity contribution is 7.89. The predicted molar refractivity (Wildman–Crippen MR) is 95.8 cm³/mol. The second kappa shape index (κ2) is 8.05. The average Bonchev–Trinajstić information content (AvgIpc) is 3.37. The van der Waals surface area contributed by atoms with Gasteiger partial charge in [-0.2, -0.15) is 4.31 Å². The number of hydrazine groups is 1. The fourth-order valence-corrected chi connectivity index (χ4v) is 4.34. The molecule has 2 aliphatic rings. The standard InChI is InChI=1S/C17H22N4O5S/c22-15(11-18-16(23)12-6-7-12)19-20-17(24)13-4-3-5-14(10-13)27(25,26)21-8-1-2-9-21/h3-5,10,12H,1-2,6-9,11H2,(H,18,23)(H,19,22)(H,20,24). The number of hydrogen-bond donors (Lipinski definition) is 3. The van der Waals surface area contributed by atoms with Crippen molar-refractivity contribution in [1.29, 1.82) is 0 Å². The molecule has 3 rings (SSSR count). The van der Waals surface area contributed by atoms with E-state index in [1.807, 2.05) is 0 Å². The highest BCUT2D eigenvalue weighted by atomic mass is 32.2. The third-order valence-electron chi connectivity index (χ3n) is 4.49. The van der Waals surface area contributed by atoms with Gasteiger partial charge in [-0.05, 0) is 43.9 Å². The Morgan fingerprint density at radius 2 is 1.78 bits per heavy atom. The zero-order chi connectivity index (χ0) is 19.4. The van der Waals surface area contributed by atoms with E-state index in [1.54, 1.807) is 0 Å². The molecule has 0 unspecified atom stereocenters. The summed E-state index contributed by atoms with van der Waals surface area (Å²) in [4.78, 5) is 35.4. The molecule has 1 saturated heterocycles. The van der Waals surface area contributed by atoms with Crippen molar-refractivity contribution in [2.24, 2.45) is 5.92 Å². The van der Waals surface area contributed by atoms with Gasteiger partial charge in [0.2, 0.25) is 15.9 Å². The molecule has 1 aliphatic heterocycles. The first-order chi connectivity index (χ1) is 12.9. The molecule has 1 saturated carbocycles. The van der Waals surface area contributed by atoms with Gasteiger partial charge in [-0.1, -0.05) is 6.07 Å². The molecule has 0 aromatic heterocycles. The second-order valence-corrected chi connectivity index (χ2v) is 8.57. The summed E-state index contributed by atoms with van der Waals surface area (Å²) in [7, 11) is -3.63. The number of carbonyl (C=O) groups excluding carboxylic acids is 3. The van der Waals surface area contributed by atoms with Gasteiger partial charge in [0.25, 0.3) is 11.8 Å². The van der Waals surface area contributed by atoms with Gasteiger partial charge in [0.15, 0.2) is 0 Å². The summed E-state index contributed by atoms with van der Waals surface area (Å²) in [6.45, 7) is 0.710. The van der Waals surface area contributed by atoms with Gasteiger partial charge in [-0.3, -0.25) is 25.2 Å². The lowest BCUT2D eigenvalue weighted by Gasteiger charge is -2.16. The quantitative estimate of drug-likeness (QED) is 0.574. The van der Waals surface area contributed by atoms with Crippen molar-refractivity contribution < 1.29 is 22.8 Å². The molecule has 1 aliphatic carbocycles. The van der Waals surface area contributed by atoms with E-state index in [0.29, 0.717) is 13.1 Å². The topological polar surface area (TPSA) is 125 Å². The number of hydrogen-bond acceptors (Lipinski definition) is 5. The van der Waals surface area contributed by atoms with E-state index >= 15 is 0 Å². The van der Waals surface area contributed by atoms with E-state index in [2.05, 4.69) is 16.2 Å². The van der Waals surface area contributed by atoms with Gasteiger partial charge in [0, 0.05) is 24.6 Å². The van der Waals surface area contributed by atoms with Gasteiger partial charge in [0.05, 0.1) is 11.4 Å². The van der Waals surface area contributed by atoms with Gasteiger partial charge < -0.3 is 5.32 Å². The number of sulfonamides is 1. The van der Waals surface area contributed by atoms with Crippen LogP contribution in [-0.2, 0) is 19.6 Å². The summed E-state index contributed by atoms with van der Waals surface area (Å²) in [6, 6.07) is 5.66. The lowest BCUT2D eigenvalue weighted by molar-refractivity contribution is -0.127. The van der Waals surface area contributed by atoms with Crippen LogP contribution >= 0.6 is 0 Å². The molecule has 0 atom stereocenters. The highest BCUT2D eigenvalue weighted by Crippen LogP contribution is 2.28. The summed E-state index contributed by atoms with van der Waals surface area (Å²) in [5.41, 5.74) is 4.52. The van der Waals surface area contributed by atoms with Gasteiger partial charge >= 0.3 is 0 Å². The molecular formula is C17H22N4O5S. The van der Waals surface area contributed by atoms with Crippen molar-refractivity contribution in [2.45, 2.75) is 30.6 Å². The van der Waals surface area contributed by atoms with Crippen LogP contribution in [0.2, 0.25) is 0 Å². The molecule has 0 bridgehead atoms. The van der Waals surface area contributed by atoms with Crippen molar-refractivity contribution >= 4 is 27.7 Å². The summed E-state index contributed by atoms with van der Waals surface area (Å²) in [5, 5.41) is 2.48. The SMILES string of the molecule is O=C(CNC(=O)C1CC1)NNC(=O)c1cccc(S(=O)(=O)N2CCCC2)c1. The maximum absolute atomic E-state index is 12.6. The summed E-state index contributed by atoms with van der Waals surface area (Å²) >= 11 is 0. The largest absolute Gasteiger partial charge is 0.347 e. The minimum Gasteiger partial charge on any atom is -0.347 e. The van der Waals surface area contributed by atoms with Crippen LogP contribution in [0.15, 0.2) is 29.2 Å². The Hall–Kier alpha value is -2.46. The van der Waals surface area contributed by atoms with E-state index in [-0.39, 0.29) is 28.8 Å². The zero-order valence-corrected chi connectivity index (χ0v) is 15.5. The van der Waals surface area contributed by atoms with Crippen LogP contribution in [-0.4, -0.2) is 50.1 Å². The molecule has 2 fully saturated rings. The van der Waals surface area contributed by atoms with E-state index < -0.39 is 21.8 Å². The Morgan fingerprint density at radius 3 is 2.44 bits per heavy atom. The Labute approximate surface area is 157 Å². The summed E-state index contributed by atoms with van der Waals surface area (Å²) < 4.78 is 26.5. The van der Waals surface area contributed by atoms with Crippen molar-refractivity contribution in [3.05, 3.63) is 29.8 Å². The third-order valence-corrected chi connectivity index (χ3v) is 6.38. The fourth-order valence-electron chi connectivity index (χ4n) is 2.78. The molecule has 3 amide bonds. The highest BCUT2D eigenvalue weighted by Gasteiger charge is 2.30. The molecule has 0 radical (unpaired) electrons. The Bertz CT molecular complexity index is 845. The predicted octanol–water partition coefficient (Wildman–Crippen LogP) is -0.242. The third kappa shape index (κ3) is 4.83. The van der Waals surface area contributed by atoms with E-state index in [9.17, 15) is 22.8 Å². The first-order valence-corrected chi connectivity index (χ1v) is 10.3. The molecule has 1 aromatic carbocycles. The van der Waals surface area contributed by atoms with Crippen LogP contribution in [0, 0.1) is 5.92 Å². The lowest BCUT2D eigenvalue weighted by Crippen LogP contribution is -2.46. The number of nitrogens with zero attached hydrogens (tertiary/aromatic N) is 1. The fraction of sp³-hybridized carbons (Fsp3) is 0.471. The summed E-state index contributed by atoms with van der Waals surface area (Å²) in [6.07, 6.45) is 3.31. The van der Waals surface area contributed by atoms with Crippen molar-refractivity contribution in [3.63, 3.8) is 0 Å². The van der Waals surface area contributed by atoms with Gasteiger partial charge in [-0.15, -0.1) is 0 Å². The smallest absolute Gasteiger partial charge is 0.269 e. The monoisotopic (exact) mass is 394 g/mol. The Morgan fingerprint density at radius 1 is 1.07 bits per heavy atom. The number of benzene rings is 1. The van der Waals surface area contributed by atoms with Crippen LogP contribution in [0.3, 0.4) is 0 Å². The van der Waals surface area contributed by atoms with Gasteiger partial charge in [-0.25, -0.2) is 8.42 Å².